The van der Waals surface area contributed by atoms with E-state index in [2.05, 4.69) is 9.97 Å². The summed E-state index contributed by atoms with van der Waals surface area (Å²) in [5, 5.41) is 10.2. The minimum Gasteiger partial charge on any atom is -0.505 e. The quantitative estimate of drug-likeness (QED) is 0.654. The first-order chi connectivity index (χ1) is 11.7. The summed E-state index contributed by atoms with van der Waals surface area (Å²) in [5.74, 6) is 0.705. The highest BCUT2D eigenvalue weighted by molar-refractivity contribution is 6.30. The Labute approximate surface area is 145 Å². The number of rotatable bonds is 5. The first-order valence-corrected chi connectivity index (χ1v) is 8.44. The van der Waals surface area contributed by atoms with Gasteiger partial charge in [0.1, 0.15) is 16.5 Å². The lowest BCUT2D eigenvalue weighted by atomic mass is 9.76. The van der Waals surface area contributed by atoms with Gasteiger partial charge < -0.3 is 9.84 Å². The van der Waals surface area contributed by atoms with Gasteiger partial charge in [-0.3, -0.25) is 9.78 Å². The minimum atomic E-state index is -0.169. The van der Waals surface area contributed by atoms with Gasteiger partial charge in [0.25, 0.3) is 0 Å². The number of pyridine rings is 2. The van der Waals surface area contributed by atoms with Crippen molar-refractivity contribution in [3.63, 3.8) is 0 Å². The number of nitrogens with zero attached hydrogens (tertiary/aromatic N) is 2. The fraction of sp³-hybridized carbons (Fsp3) is 0.389. The van der Waals surface area contributed by atoms with Crippen LogP contribution in [0.15, 0.2) is 30.7 Å². The van der Waals surface area contributed by atoms with Crippen LogP contribution in [-0.2, 0) is 0 Å². The topological polar surface area (TPSA) is 72.3 Å². The predicted molar refractivity (Wildman–Crippen MR) is 90.7 cm³/mol. The number of ether oxygens (including phenoxy) is 1. The van der Waals surface area contributed by atoms with Crippen LogP contribution in [0.3, 0.4) is 0 Å². The van der Waals surface area contributed by atoms with Gasteiger partial charge >= 0.3 is 0 Å². The van der Waals surface area contributed by atoms with Crippen molar-refractivity contribution < 1.29 is 14.6 Å². The third-order valence-corrected chi connectivity index (χ3v) is 4.91. The van der Waals surface area contributed by atoms with Crippen molar-refractivity contribution in [3.8, 4) is 11.5 Å². The van der Waals surface area contributed by atoms with Crippen molar-refractivity contribution in [3.05, 3.63) is 47.0 Å². The Morgan fingerprint density at radius 2 is 2.17 bits per heavy atom. The Balaban J connectivity index is 1.77. The SMILES string of the molecule is O=Cc1c(O)cncc1OCC1CCCCC1c1cccnc1Cl. The van der Waals surface area contributed by atoms with Gasteiger partial charge in [0.2, 0.25) is 0 Å². The van der Waals surface area contributed by atoms with Crippen molar-refractivity contribution in [1.82, 2.24) is 9.97 Å². The van der Waals surface area contributed by atoms with E-state index in [0.717, 1.165) is 31.2 Å². The smallest absolute Gasteiger partial charge is 0.157 e. The maximum absolute atomic E-state index is 11.1. The number of aldehydes is 1. The van der Waals surface area contributed by atoms with Crippen LogP contribution in [0, 0.1) is 5.92 Å². The fourth-order valence-electron chi connectivity index (χ4n) is 3.36. The lowest BCUT2D eigenvalue weighted by Crippen LogP contribution is -2.24. The van der Waals surface area contributed by atoms with Gasteiger partial charge in [-0.1, -0.05) is 30.5 Å². The molecule has 24 heavy (non-hydrogen) atoms. The van der Waals surface area contributed by atoms with Crippen LogP contribution in [-0.4, -0.2) is 28.0 Å². The number of aromatic hydroxyl groups is 1. The molecule has 1 N–H and O–H groups in total. The molecule has 2 atom stereocenters. The lowest BCUT2D eigenvalue weighted by molar-refractivity contribution is 0.111. The van der Waals surface area contributed by atoms with Gasteiger partial charge in [-0.2, -0.15) is 0 Å². The molecular formula is C18H19ClN2O3. The largest absolute Gasteiger partial charge is 0.505 e. The van der Waals surface area contributed by atoms with Crippen LogP contribution >= 0.6 is 11.6 Å². The first kappa shape index (κ1) is 16.7. The number of carbonyl (C=O) groups is 1. The summed E-state index contributed by atoms with van der Waals surface area (Å²) < 4.78 is 5.82. The molecule has 2 aromatic heterocycles. The van der Waals surface area contributed by atoms with Gasteiger partial charge in [0, 0.05) is 6.20 Å². The second kappa shape index (κ2) is 7.62. The molecule has 126 valence electrons. The van der Waals surface area contributed by atoms with Crippen LogP contribution in [0.2, 0.25) is 5.15 Å². The molecule has 2 heterocycles. The zero-order chi connectivity index (χ0) is 16.9. The van der Waals surface area contributed by atoms with Gasteiger partial charge in [-0.25, -0.2) is 4.98 Å². The Kier molecular flexibility index (Phi) is 5.30. The van der Waals surface area contributed by atoms with E-state index in [9.17, 15) is 9.90 Å². The summed E-state index contributed by atoms with van der Waals surface area (Å²) in [5.41, 5.74) is 1.19. The van der Waals surface area contributed by atoms with Gasteiger partial charge in [0.05, 0.1) is 19.0 Å². The van der Waals surface area contributed by atoms with Crippen LogP contribution in [0.5, 0.6) is 11.5 Å². The molecule has 1 aliphatic carbocycles. The second-order valence-electron chi connectivity index (χ2n) is 6.03. The fourth-order valence-corrected chi connectivity index (χ4v) is 3.62. The van der Waals surface area contributed by atoms with Crippen LogP contribution in [0.25, 0.3) is 0 Å². The average Bonchev–Trinajstić information content (AvgIpc) is 2.61. The molecule has 1 aliphatic rings. The van der Waals surface area contributed by atoms with E-state index in [0.29, 0.717) is 23.8 Å². The van der Waals surface area contributed by atoms with E-state index < -0.39 is 0 Å². The maximum atomic E-state index is 11.1. The van der Waals surface area contributed by atoms with Crippen molar-refractivity contribution in [2.75, 3.05) is 6.61 Å². The first-order valence-electron chi connectivity index (χ1n) is 8.06. The molecule has 5 nitrogen and oxygen atoms in total. The molecular weight excluding hydrogens is 328 g/mol. The third-order valence-electron chi connectivity index (χ3n) is 4.60. The molecule has 0 aromatic carbocycles. The summed E-state index contributed by atoms with van der Waals surface area (Å²) in [4.78, 5) is 19.2. The van der Waals surface area contributed by atoms with Crippen LogP contribution < -0.4 is 4.74 Å². The Morgan fingerprint density at radius 3 is 2.96 bits per heavy atom. The Bertz CT molecular complexity index is 723. The molecule has 1 saturated carbocycles. The summed E-state index contributed by atoms with van der Waals surface area (Å²) in [7, 11) is 0. The van der Waals surface area contributed by atoms with E-state index in [-0.39, 0.29) is 23.1 Å². The Morgan fingerprint density at radius 1 is 1.33 bits per heavy atom. The van der Waals surface area contributed by atoms with Gasteiger partial charge in [0.15, 0.2) is 12.0 Å². The summed E-state index contributed by atoms with van der Waals surface area (Å²) >= 11 is 6.27. The molecule has 0 radical (unpaired) electrons. The molecule has 0 spiro atoms. The van der Waals surface area contributed by atoms with Crippen molar-refractivity contribution in [1.29, 1.82) is 0 Å². The average molecular weight is 347 g/mol. The number of hydrogen-bond donors (Lipinski definition) is 1. The molecule has 0 saturated heterocycles. The maximum Gasteiger partial charge on any atom is 0.157 e. The van der Waals surface area contributed by atoms with Crippen molar-refractivity contribution in [2.24, 2.45) is 5.92 Å². The molecule has 6 heteroatoms. The number of hydrogen-bond acceptors (Lipinski definition) is 5. The van der Waals surface area contributed by atoms with Crippen LogP contribution in [0.4, 0.5) is 0 Å². The highest BCUT2D eigenvalue weighted by Crippen LogP contribution is 2.40. The standard InChI is InChI=1S/C18H19ClN2O3/c19-18-14(6-3-7-21-18)13-5-2-1-4-12(13)11-24-17-9-20-8-16(23)15(17)10-22/h3,6-10,12-13,23H,1-2,4-5,11H2. The number of halogens is 1. The molecule has 2 unspecified atom stereocenters. The van der Waals surface area contributed by atoms with E-state index in [1.807, 2.05) is 12.1 Å². The van der Waals surface area contributed by atoms with E-state index in [1.165, 1.54) is 12.4 Å². The summed E-state index contributed by atoms with van der Waals surface area (Å²) in [6, 6.07) is 3.92. The molecule has 2 aromatic rings. The number of carbonyl (C=O) groups excluding carboxylic acids is 1. The molecule has 0 bridgehead atoms. The third kappa shape index (κ3) is 3.51. The van der Waals surface area contributed by atoms with E-state index >= 15 is 0 Å². The van der Waals surface area contributed by atoms with Gasteiger partial charge in [-0.15, -0.1) is 0 Å². The summed E-state index contributed by atoms with van der Waals surface area (Å²) in [6.07, 6.45) is 9.32. The Hall–Kier alpha value is -2.14. The lowest BCUT2D eigenvalue weighted by Gasteiger charge is -2.32. The predicted octanol–water partition coefficient (Wildman–Crippen LogP) is 4.00. The van der Waals surface area contributed by atoms with E-state index in [4.69, 9.17) is 16.3 Å². The number of aromatic nitrogens is 2. The van der Waals surface area contributed by atoms with Crippen molar-refractivity contribution in [2.45, 2.75) is 31.6 Å². The molecule has 0 aliphatic heterocycles. The summed E-state index contributed by atoms with van der Waals surface area (Å²) in [6.45, 7) is 0.446. The zero-order valence-electron chi connectivity index (χ0n) is 13.2. The van der Waals surface area contributed by atoms with Crippen molar-refractivity contribution >= 4 is 17.9 Å². The molecule has 1 fully saturated rings. The monoisotopic (exact) mass is 346 g/mol. The normalized spacial score (nSPS) is 20.5. The zero-order valence-corrected chi connectivity index (χ0v) is 13.9. The van der Waals surface area contributed by atoms with Crippen LogP contribution in [0.1, 0.15) is 47.5 Å². The molecule has 3 rings (SSSR count). The van der Waals surface area contributed by atoms with Gasteiger partial charge in [-0.05, 0) is 36.3 Å². The highest BCUT2D eigenvalue weighted by atomic mass is 35.5. The molecule has 0 amide bonds. The van der Waals surface area contributed by atoms with E-state index in [1.54, 1.807) is 6.20 Å². The minimum absolute atomic E-state index is 0.136. The highest BCUT2D eigenvalue weighted by Gasteiger charge is 2.29. The second-order valence-corrected chi connectivity index (χ2v) is 6.39.